The summed E-state index contributed by atoms with van der Waals surface area (Å²) >= 11 is 0. The minimum atomic E-state index is 0.455. The van der Waals surface area contributed by atoms with Crippen LogP contribution >= 0.6 is 0 Å². The molecule has 0 aliphatic rings. The fraction of sp³-hybridized carbons (Fsp3) is 0.444. The van der Waals surface area contributed by atoms with Gasteiger partial charge in [-0.1, -0.05) is 0 Å². The summed E-state index contributed by atoms with van der Waals surface area (Å²) in [6.07, 6.45) is 1.50. The van der Waals surface area contributed by atoms with Gasteiger partial charge in [-0.05, 0) is 0 Å². The summed E-state index contributed by atoms with van der Waals surface area (Å²) in [5, 5.41) is 0. The summed E-state index contributed by atoms with van der Waals surface area (Å²) in [7, 11) is 3.16. The second-order valence-electron chi connectivity index (χ2n) is 2.61. The molecule has 1 aromatic heterocycles. The Morgan fingerprint density at radius 1 is 1.36 bits per heavy atom. The Kier molecular flexibility index (Phi) is 4.00. The van der Waals surface area contributed by atoms with Gasteiger partial charge >= 0.3 is 0 Å². The number of hydrogen-bond donors (Lipinski definition) is 1. The molecule has 1 rings (SSSR count). The minimum absolute atomic E-state index is 0.455. The van der Waals surface area contributed by atoms with E-state index in [9.17, 15) is 0 Å². The molecule has 0 aliphatic heterocycles. The molecular formula is C9H14N2O3. The van der Waals surface area contributed by atoms with Crippen LogP contribution in [0.3, 0.4) is 0 Å². The first-order valence-electron chi connectivity index (χ1n) is 4.19. The van der Waals surface area contributed by atoms with Crippen molar-refractivity contribution in [1.29, 1.82) is 0 Å². The van der Waals surface area contributed by atoms with Gasteiger partial charge in [0, 0.05) is 13.2 Å². The van der Waals surface area contributed by atoms with Crippen molar-refractivity contribution in [3.8, 4) is 11.6 Å². The van der Waals surface area contributed by atoms with E-state index >= 15 is 0 Å². The molecule has 0 saturated carbocycles. The van der Waals surface area contributed by atoms with E-state index in [0.717, 1.165) is 0 Å². The lowest BCUT2D eigenvalue weighted by atomic mass is 10.4. The van der Waals surface area contributed by atoms with Crippen LogP contribution in [0.15, 0.2) is 12.3 Å². The largest absolute Gasteiger partial charge is 0.494 e. The van der Waals surface area contributed by atoms with Crippen molar-refractivity contribution in [1.82, 2.24) is 4.98 Å². The summed E-state index contributed by atoms with van der Waals surface area (Å²) in [6, 6.07) is 1.64. The molecule has 0 unspecified atom stereocenters. The number of nitrogens with two attached hydrogens (primary N) is 1. The van der Waals surface area contributed by atoms with Gasteiger partial charge in [-0.3, -0.25) is 0 Å². The summed E-state index contributed by atoms with van der Waals surface area (Å²) in [5.74, 6) is 1.04. The number of methoxy groups -OCH3 is 2. The second kappa shape index (κ2) is 5.29. The van der Waals surface area contributed by atoms with Crippen molar-refractivity contribution in [2.24, 2.45) is 0 Å². The Bertz CT molecular complexity index is 291. The van der Waals surface area contributed by atoms with Gasteiger partial charge in [0.25, 0.3) is 0 Å². The molecule has 2 N–H and O–H groups in total. The zero-order valence-corrected chi connectivity index (χ0v) is 8.32. The molecule has 0 aliphatic carbocycles. The maximum absolute atomic E-state index is 5.59. The normalized spacial score (nSPS) is 9.86. The lowest BCUT2D eigenvalue weighted by Gasteiger charge is -2.07. The number of hydrogen-bond acceptors (Lipinski definition) is 5. The third-order valence-electron chi connectivity index (χ3n) is 1.63. The molecular weight excluding hydrogens is 184 g/mol. The highest BCUT2D eigenvalue weighted by Gasteiger charge is 2.02. The number of ether oxygens (including phenoxy) is 3. The number of anilines is 1. The van der Waals surface area contributed by atoms with Crippen LogP contribution in [0.2, 0.25) is 0 Å². The van der Waals surface area contributed by atoms with E-state index < -0.39 is 0 Å². The molecule has 0 spiro atoms. The van der Waals surface area contributed by atoms with Crippen LogP contribution in [0.1, 0.15) is 0 Å². The fourth-order valence-electron chi connectivity index (χ4n) is 0.915. The molecule has 0 saturated heterocycles. The Labute approximate surface area is 82.8 Å². The standard InChI is InChI=1S/C9H14N2O3/c1-12-3-4-14-9-5-8(13-2)7(10)6-11-9/h5-6H,3-4,10H2,1-2H3. The summed E-state index contributed by atoms with van der Waals surface area (Å²) in [6.45, 7) is 0.977. The zero-order valence-electron chi connectivity index (χ0n) is 8.32. The van der Waals surface area contributed by atoms with Gasteiger partial charge in [-0.2, -0.15) is 0 Å². The van der Waals surface area contributed by atoms with Gasteiger partial charge in [-0.25, -0.2) is 4.98 Å². The second-order valence-corrected chi connectivity index (χ2v) is 2.61. The number of aromatic nitrogens is 1. The molecule has 0 bridgehead atoms. The van der Waals surface area contributed by atoms with E-state index in [1.807, 2.05) is 0 Å². The molecule has 0 fully saturated rings. The Balaban J connectivity index is 2.60. The van der Waals surface area contributed by atoms with E-state index in [2.05, 4.69) is 4.98 Å². The van der Waals surface area contributed by atoms with E-state index in [4.69, 9.17) is 19.9 Å². The third-order valence-corrected chi connectivity index (χ3v) is 1.63. The Morgan fingerprint density at radius 2 is 2.14 bits per heavy atom. The first kappa shape index (κ1) is 10.6. The molecule has 0 atom stereocenters. The van der Waals surface area contributed by atoms with Gasteiger partial charge in [0.2, 0.25) is 5.88 Å². The molecule has 0 amide bonds. The number of rotatable bonds is 5. The van der Waals surface area contributed by atoms with Gasteiger partial charge in [0.05, 0.1) is 25.6 Å². The van der Waals surface area contributed by atoms with Crippen LogP contribution < -0.4 is 15.2 Å². The Hall–Kier alpha value is -1.49. The van der Waals surface area contributed by atoms with Gasteiger partial charge in [0.1, 0.15) is 12.4 Å². The Morgan fingerprint density at radius 3 is 2.79 bits per heavy atom. The van der Waals surface area contributed by atoms with Crippen molar-refractivity contribution < 1.29 is 14.2 Å². The average Bonchev–Trinajstić information content (AvgIpc) is 2.21. The van der Waals surface area contributed by atoms with Crippen LogP contribution in [0.25, 0.3) is 0 Å². The van der Waals surface area contributed by atoms with Crippen LogP contribution in [-0.2, 0) is 4.74 Å². The topological polar surface area (TPSA) is 66.6 Å². The lowest BCUT2D eigenvalue weighted by molar-refractivity contribution is 0.143. The van der Waals surface area contributed by atoms with Gasteiger partial charge < -0.3 is 19.9 Å². The molecule has 1 aromatic rings. The van der Waals surface area contributed by atoms with E-state index in [1.165, 1.54) is 6.20 Å². The quantitative estimate of drug-likeness (QED) is 0.705. The van der Waals surface area contributed by atoms with Crippen molar-refractivity contribution in [2.75, 3.05) is 33.2 Å². The van der Waals surface area contributed by atoms with E-state index in [-0.39, 0.29) is 0 Å². The highest BCUT2D eigenvalue weighted by atomic mass is 16.5. The molecule has 0 radical (unpaired) electrons. The molecule has 5 nitrogen and oxygen atoms in total. The van der Waals surface area contributed by atoms with Crippen LogP contribution in [0.5, 0.6) is 11.6 Å². The van der Waals surface area contributed by atoms with Gasteiger partial charge in [-0.15, -0.1) is 0 Å². The highest BCUT2D eigenvalue weighted by Crippen LogP contribution is 2.23. The fourth-order valence-corrected chi connectivity index (χ4v) is 0.915. The number of nitrogens with zero attached hydrogens (tertiary/aromatic N) is 1. The summed E-state index contributed by atoms with van der Waals surface area (Å²) < 4.78 is 15.1. The van der Waals surface area contributed by atoms with Crippen LogP contribution in [-0.4, -0.2) is 32.4 Å². The van der Waals surface area contributed by atoms with Crippen molar-refractivity contribution >= 4 is 5.69 Å². The smallest absolute Gasteiger partial charge is 0.217 e. The first-order valence-corrected chi connectivity index (χ1v) is 4.19. The number of pyridine rings is 1. The molecule has 0 aromatic carbocycles. The third kappa shape index (κ3) is 2.77. The minimum Gasteiger partial charge on any atom is -0.494 e. The molecule has 78 valence electrons. The highest BCUT2D eigenvalue weighted by molar-refractivity contribution is 5.52. The predicted octanol–water partition coefficient (Wildman–Crippen LogP) is 0.698. The maximum Gasteiger partial charge on any atom is 0.217 e. The van der Waals surface area contributed by atoms with Gasteiger partial charge in [0.15, 0.2) is 0 Å². The van der Waals surface area contributed by atoms with Crippen LogP contribution in [0, 0.1) is 0 Å². The lowest BCUT2D eigenvalue weighted by Crippen LogP contribution is -2.05. The van der Waals surface area contributed by atoms with Crippen LogP contribution in [0.4, 0.5) is 5.69 Å². The molecule has 1 heterocycles. The zero-order chi connectivity index (χ0) is 10.4. The van der Waals surface area contributed by atoms with Crippen molar-refractivity contribution in [2.45, 2.75) is 0 Å². The van der Waals surface area contributed by atoms with Crippen molar-refractivity contribution in [3.05, 3.63) is 12.3 Å². The van der Waals surface area contributed by atoms with E-state index in [1.54, 1.807) is 20.3 Å². The average molecular weight is 198 g/mol. The number of nitrogen functional groups attached to an aromatic ring is 1. The molecule has 14 heavy (non-hydrogen) atoms. The van der Waals surface area contributed by atoms with E-state index in [0.29, 0.717) is 30.5 Å². The maximum atomic E-state index is 5.59. The predicted molar refractivity (Wildman–Crippen MR) is 52.6 cm³/mol. The molecule has 5 heteroatoms. The monoisotopic (exact) mass is 198 g/mol. The van der Waals surface area contributed by atoms with Crippen molar-refractivity contribution in [3.63, 3.8) is 0 Å². The SMILES string of the molecule is COCCOc1cc(OC)c(N)cn1. The summed E-state index contributed by atoms with van der Waals surface area (Å²) in [4.78, 5) is 3.98. The first-order chi connectivity index (χ1) is 6.77. The summed E-state index contributed by atoms with van der Waals surface area (Å²) in [5.41, 5.74) is 6.08.